The molecule has 3 aromatic heterocycles. The molecule has 0 aliphatic rings. The molecule has 0 aliphatic heterocycles. The number of thiophene rings is 1. The maximum Gasteiger partial charge on any atom is 0.261 e. The number of rotatable bonds is 8. The maximum atomic E-state index is 8.84. The summed E-state index contributed by atoms with van der Waals surface area (Å²) in [6.07, 6.45) is 11.3. The molecule has 0 N–H and O–H groups in total. The smallest absolute Gasteiger partial charge is 0.261 e. The molecule has 0 aliphatic carbocycles. The summed E-state index contributed by atoms with van der Waals surface area (Å²) in [5.41, 5.74) is 2.45. The van der Waals surface area contributed by atoms with E-state index in [-0.39, 0.29) is 11.4 Å². The van der Waals surface area contributed by atoms with Gasteiger partial charge in [-0.2, -0.15) is 0 Å². The molecule has 0 atom stereocenters. The normalized spacial score (nSPS) is 11.9. The highest BCUT2D eigenvalue weighted by molar-refractivity contribution is 7.19. The molecule has 0 bridgehead atoms. The second-order valence-electron chi connectivity index (χ2n) is 7.10. The lowest BCUT2D eigenvalue weighted by Gasteiger charge is -2.02. The third-order valence-electron chi connectivity index (χ3n) is 5.02. The van der Waals surface area contributed by atoms with Crippen LogP contribution >= 0.6 is 11.3 Å². The van der Waals surface area contributed by atoms with Crippen molar-refractivity contribution in [3.8, 4) is 33.4 Å². The fourth-order valence-electron chi connectivity index (χ4n) is 3.44. The molecule has 0 radical (unpaired) electrons. The van der Waals surface area contributed by atoms with Crippen LogP contribution in [0.4, 0.5) is 0 Å². The molecule has 0 aromatic carbocycles. The number of nitriles is 2. The second-order valence-corrected chi connectivity index (χ2v) is 8.12. The van der Waals surface area contributed by atoms with E-state index >= 15 is 0 Å². The van der Waals surface area contributed by atoms with Crippen molar-refractivity contribution in [3.05, 3.63) is 105 Å². The number of nitrogens with zero attached hydrogens (tertiary/aromatic N) is 4. The molecule has 3 aromatic rings. The minimum absolute atomic E-state index is 0.0114. The summed E-state index contributed by atoms with van der Waals surface area (Å²) in [7, 11) is 0. The van der Waals surface area contributed by atoms with Crippen LogP contribution in [0.25, 0.3) is 43.1 Å². The van der Waals surface area contributed by atoms with E-state index in [9.17, 15) is 0 Å². The van der Waals surface area contributed by atoms with Crippen LogP contribution in [0.2, 0.25) is 0 Å². The highest BCUT2D eigenvalue weighted by Crippen LogP contribution is 2.44. The van der Waals surface area contributed by atoms with Gasteiger partial charge in [-0.15, -0.1) is 11.3 Å². The third-order valence-corrected chi connectivity index (χ3v) is 6.33. The zero-order valence-electron chi connectivity index (χ0n) is 19.2. The van der Waals surface area contributed by atoms with Gasteiger partial charge in [0.25, 0.3) is 11.4 Å². The van der Waals surface area contributed by atoms with Crippen LogP contribution in [0.3, 0.4) is 0 Å². The van der Waals surface area contributed by atoms with Crippen LogP contribution in [0.5, 0.6) is 0 Å². The monoisotopic (exact) mass is 476 g/mol. The van der Waals surface area contributed by atoms with Gasteiger partial charge < -0.3 is 8.83 Å². The molecule has 6 nitrogen and oxygen atoms in total. The Labute approximate surface area is 208 Å². The molecule has 0 amide bonds. The van der Waals surface area contributed by atoms with Crippen LogP contribution in [0, 0.1) is 35.8 Å². The Morgan fingerprint density at radius 2 is 1.26 bits per heavy atom. The summed E-state index contributed by atoms with van der Waals surface area (Å²) in [5, 5.41) is 17.7. The molecule has 7 heteroatoms. The highest BCUT2D eigenvalue weighted by Gasteiger charge is 2.21. The Bertz CT molecular complexity index is 1370. The second kappa shape index (κ2) is 11.9. The SMILES string of the molecule is [C-]#[N+]/C(C#N)=C\C=C\c1ccc(-c2sc(-c3ccc(/C=C/C=C(\C#N)[N+]#[C-])o3)c(CC)c2CC)o1. The Morgan fingerprint density at radius 1 is 0.829 bits per heavy atom. The summed E-state index contributed by atoms with van der Waals surface area (Å²) in [6, 6.07) is 11.2. The van der Waals surface area contributed by atoms with E-state index in [4.69, 9.17) is 32.5 Å². The molecular weight excluding hydrogens is 456 g/mol. The van der Waals surface area contributed by atoms with Crippen molar-refractivity contribution in [3.63, 3.8) is 0 Å². The first-order chi connectivity index (χ1) is 17.1. The summed E-state index contributed by atoms with van der Waals surface area (Å²) in [5.74, 6) is 2.76. The number of hydrogen-bond donors (Lipinski definition) is 0. The van der Waals surface area contributed by atoms with Crippen molar-refractivity contribution in [2.24, 2.45) is 0 Å². The van der Waals surface area contributed by atoms with Crippen molar-refractivity contribution in [1.82, 2.24) is 0 Å². The van der Waals surface area contributed by atoms with E-state index < -0.39 is 0 Å². The van der Waals surface area contributed by atoms with Crippen molar-refractivity contribution in [2.45, 2.75) is 26.7 Å². The first-order valence-corrected chi connectivity index (χ1v) is 11.6. The maximum absolute atomic E-state index is 8.84. The van der Waals surface area contributed by atoms with Gasteiger partial charge >= 0.3 is 0 Å². The van der Waals surface area contributed by atoms with Gasteiger partial charge in [-0.3, -0.25) is 0 Å². The highest BCUT2D eigenvalue weighted by atomic mass is 32.1. The molecule has 0 saturated heterocycles. The topological polar surface area (TPSA) is 82.6 Å². The van der Waals surface area contributed by atoms with Gasteiger partial charge in [0, 0.05) is 0 Å². The molecule has 3 rings (SSSR count). The van der Waals surface area contributed by atoms with E-state index in [1.165, 1.54) is 23.3 Å². The lowest BCUT2D eigenvalue weighted by Crippen LogP contribution is -1.89. The van der Waals surface area contributed by atoms with Crippen molar-refractivity contribution in [2.75, 3.05) is 0 Å². The van der Waals surface area contributed by atoms with Gasteiger partial charge in [0.05, 0.1) is 35.0 Å². The fraction of sp³-hybridized carbons (Fsp3) is 0.143. The zero-order chi connectivity index (χ0) is 25.2. The minimum atomic E-state index is 0.0114. The van der Waals surface area contributed by atoms with Crippen molar-refractivity contribution in [1.29, 1.82) is 10.5 Å². The van der Waals surface area contributed by atoms with E-state index in [1.807, 2.05) is 36.4 Å². The molecule has 3 heterocycles. The van der Waals surface area contributed by atoms with Gasteiger partial charge in [0.2, 0.25) is 0 Å². The molecular formula is C28H20N4O2S. The molecule has 35 heavy (non-hydrogen) atoms. The number of allylic oxidation sites excluding steroid dienone is 6. The lowest BCUT2D eigenvalue weighted by molar-refractivity contribution is 0.572. The van der Waals surface area contributed by atoms with E-state index in [0.29, 0.717) is 11.5 Å². The van der Waals surface area contributed by atoms with Gasteiger partial charge in [0.15, 0.2) is 0 Å². The first kappa shape index (κ1) is 24.8. The quantitative estimate of drug-likeness (QED) is 0.187. The number of furan rings is 2. The Balaban J connectivity index is 1.94. The molecule has 0 fully saturated rings. The minimum Gasteiger partial charge on any atom is -0.456 e. The first-order valence-electron chi connectivity index (χ1n) is 10.7. The van der Waals surface area contributed by atoms with Gasteiger partial charge in [0.1, 0.15) is 23.0 Å². The van der Waals surface area contributed by atoms with Crippen LogP contribution in [-0.4, -0.2) is 0 Å². The predicted molar refractivity (Wildman–Crippen MR) is 137 cm³/mol. The lowest BCUT2D eigenvalue weighted by atomic mass is 10.0. The fourth-order valence-corrected chi connectivity index (χ4v) is 4.85. The summed E-state index contributed by atoms with van der Waals surface area (Å²) < 4.78 is 12.1. The van der Waals surface area contributed by atoms with Gasteiger partial charge in [-0.1, -0.05) is 26.0 Å². The third kappa shape index (κ3) is 5.76. The van der Waals surface area contributed by atoms with E-state index in [0.717, 1.165) is 34.1 Å². The van der Waals surface area contributed by atoms with Crippen molar-refractivity contribution < 1.29 is 8.83 Å². The van der Waals surface area contributed by atoms with Crippen LogP contribution in [0.15, 0.2) is 68.8 Å². The average Bonchev–Trinajstić information content (AvgIpc) is 3.62. The molecule has 0 saturated carbocycles. The summed E-state index contributed by atoms with van der Waals surface area (Å²) in [6.45, 7) is 18.1. The van der Waals surface area contributed by atoms with Crippen LogP contribution < -0.4 is 0 Å². The molecule has 0 spiro atoms. The zero-order valence-corrected chi connectivity index (χ0v) is 20.0. The van der Waals surface area contributed by atoms with Crippen LogP contribution in [0.1, 0.15) is 36.5 Å². The van der Waals surface area contributed by atoms with Crippen LogP contribution in [-0.2, 0) is 12.8 Å². The standard InChI is InChI=1S/C28H20N4O2S/c1-5-23-24(6-2)28(26-16-14-22(34-26)12-8-10-20(18-30)32-4)35-27(23)25-15-13-21(33-25)11-7-9-19(17-29)31-3/h7-16H,5-6H2,1-2H3/b11-7+,12-8+,19-9-,20-10+. The van der Waals surface area contributed by atoms with Gasteiger partial charge in [-0.05, 0) is 72.5 Å². The summed E-state index contributed by atoms with van der Waals surface area (Å²) >= 11 is 1.61. The summed E-state index contributed by atoms with van der Waals surface area (Å²) in [4.78, 5) is 8.34. The molecule has 0 unspecified atom stereocenters. The largest absolute Gasteiger partial charge is 0.456 e. The predicted octanol–water partition coefficient (Wildman–Crippen LogP) is 8.07. The van der Waals surface area contributed by atoms with Crippen molar-refractivity contribution >= 4 is 23.5 Å². The molecule has 170 valence electrons. The number of hydrogen-bond acceptors (Lipinski definition) is 5. The Kier molecular flexibility index (Phi) is 8.42. The van der Waals surface area contributed by atoms with E-state index in [2.05, 4.69) is 23.5 Å². The average molecular weight is 477 g/mol. The van der Waals surface area contributed by atoms with Gasteiger partial charge in [-0.25, -0.2) is 20.2 Å². The Hall–Kier alpha value is -4.82. The Morgan fingerprint density at radius 3 is 1.60 bits per heavy atom. The van der Waals surface area contributed by atoms with E-state index in [1.54, 1.807) is 35.6 Å².